The highest BCUT2D eigenvalue weighted by atomic mass is 16.5. The van der Waals surface area contributed by atoms with Crippen LogP contribution in [0, 0.1) is 5.92 Å². The number of nitrogens with one attached hydrogen (secondary N) is 1. The topological polar surface area (TPSA) is 84.7 Å². The average Bonchev–Trinajstić information content (AvgIpc) is 2.35. The fourth-order valence-corrected chi connectivity index (χ4v) is 2.13. The molecule has 0 aromatic heterocycles. The van der Waals surface area contributed by atoms with Crippen molar-refractivity contribution in [3.63, 3.8) is 0 Å². The molecule has 1 heterocycles. The van der Waals surface area contributed by atoms with Crippen molar-refractivity contribution in [2.75, 3.05) is 26.7 Å². The van der Waals surface area contributed by atoms with Crippen LogP contribution in [0.4, 0.5) is 4.79 Å². The smallest absolute Gasteiger partial charge is 0.312 e. The Morgan fingerprint density at radius 1 is 1.50 bits per heavy atom. The summed E-state index contributed by atoms with van der Waals surface area (Å²) in [6.07, 6.45) is 1.94. The fourth-order valence-electron chi connectivity index (χ4n) is 2.13. The Balaban J connectivity index is 2.53. The third-order valence-electron chi connectivity index (χ3n) is 3.40. The number of nitrogens with two attached hydrogens (primary N) is 1. The first kappa shape index (κ1) is 14.8. The van der Waals surface area contributed by atoms with Crippen LogP contribution in [0.1, 0.15) is 26.7 Å². The Morgan fingerprint density at radius 2 is 2.17 bits per heavy atom. The van der Waals surface area contributed by atoms with Gasteiger partial charge in [0.25, 0.3) is 5.91 Å². The molecular weight excluding hydrogens is 234 g/mol. The quantitative estimate of drug-likeness (QED) is 0.760. The summed E-state index contributed by atoms with van der Waals surface area (Å²) in [6.45, 7) is 5.44. The molecule has 1 atom stereocenters. The Labute approximate surface area is 108 Å². The van der Waals surface area contributed by atoms with Gasteiger partial charge in [0.1, 0.15) is 5.60 Å². The van der Waals surface area contributed by atoms with Gasteiger partial charge in [0.15, 0.2) is 0 Å². The summed E-state index contributed by atoms with van der Waals surface area (Å²) in [5.74, 6) is 0.261. The Hall–Kier alpha value is -1.30. The van der Waals surface area contributed by atoms with Crippen LogP contribution in [0.2, 0.25) is 0 Å². The van der Waals surface area contributed by atoms with Crippen molar-refractivity contribution in [3.8, 4) is 0 Å². The van der Waals surface area contributed by atoms with E-state index in [-0.39, 0.29) is 11.8 Å². The monoisotopic (exact) mass is 257 g/mol. The van der Waals surface area contributed by atoms with Crippen LogP contribution in [0.3, 0.4) is 0 Å². The van der Waals surface area contributed by atoms with Gasteiger partial charge in [-0.15, -0.1) is 0 Å². The van der Waals surface area contributed by atoms with E-state index in [1.54, 1.807) is 18.7 Å². The number of hydrogen-bond acceptors (Lipinski definition) is 3. The standard InChI is InChI=1S/C12H23N3O3/c1-12(2,18-3)10(16)15-6-4-5-9(8-15)7-14-11(13)17/h9H,4-8H2,1-3H3,(H3,13,14,17). The zero-order chi connectivity index (χ0) is 13.8. The molecule has 0 aromatic rings. The van der Waals surface area contributed by atoms with Crippen LogP contribution in [0.15, 0.2) is 0 Å². The van der Waals surface area contributed by atoms with E-state index < -0.39 is 11.6 Å². The van der Waals surface area contributed by atoms with Crippen LogP contribution in [-0.4, -0.2) is 49.2 Å². The van der Waals surface area contributed by atoms with E-state index in [0.717, 1.165) is 19.4 Å². The van der Waals surface area contributed by atoms with E-state index in [0.29, 0.717) is 13.1 Å². The third-order valence-corrected chi connectivity index (χ3v) is 3.40. The summed E-state index contributed by atoms with van der Waals surface area (Å²) >= 11 is 0. The molecule has 1 saturated heterocycles. The molecule has 6 heteroatoms. The van der Waals surface area contributed by atoms with E-state index in [2.05, 4.69) is 5.32 Å². The first-order valence-corrected chi connectivity index (χ1v) is 6.24. The number of ether oxygens (including phenoxy) is 1. The lowest BCUT2D eigenvalue weighted by molar-refractivity contribution is -0.152. The normalized spacial score (nSPS) is 20.6. The number of carbonyl (C=O) groups excluding carboxylic acids is 2. The van der Waals surface area contributed by atoms with Gasteiger partial charge >= 0.3 is 6.03 Å². The molecule has 6 nitrogen and oxygen atoms in total. The zero-order valence-corrected chi connectivity index (χ0v) is 11.4. The average molecular weight is 257 g/mol. The summed E-state index contributed by atoms with van der Waals surface area (Å²) in [6, 6.07) is -0.518. The number of urea groups is 1. The molecule has 1 aliphatic rings. The lowest BCUT2D eigenvalue weighted by Crippen LogP contribution is -2.51. The van der Waals surface area contributed by atoms with Gasteiger partial charge in [-0.25, -0.2) is 4.79 Å². The van der Waals surface area contributed by atoms with Gasteiger partial charge in [-0.1, -0.05) is 0 Å². The summed E-state index contributed by atoms with van der Waals surface area (Å²) < 4.78 is 5.21. The van der Waals surface area contributed by atoms with Crippen molar-refractivity contribution in [1.82, 2.24) is 10.2 Å². The minimum atomic E-state index is -0.793. The van der Waals surface area contributed by atoms with Crippen LogP contribution in [0.5, 0.6) is 0 Å². The SMILES string of the molecule is COC(C)(C)C(=O)N1CCCC(CNC(N)=O)C1. The van der Waals surface area contributed by atoms with Gasteiger partial charge in [0.05, 0.1) is 0 Å². The molecule has 0 aliphatic carbocycles. The summed E-state index contributed by atoms with van der Waals surface area (Å²) in [5.41, 5.74) is 4.25. The van der Waals surface area contributed by atoms with Gasteiger partial charge in [-0.3, -0.25) is 4.79 Å². The molecule has 104 valence electrons. The van der Waals surface area contributed by atoms with Crippen LogP contribution < -0.4 is 11.1 Å². The van der Waals surface area contributed by atoms with Gasteiger partial charge < -0.3 is 20.7 Å². The predicted octanol–water partition coefficient (Wildman–Crippen LogP) is 0.318. The molecule has 0 spiro atoms. The molecule has 3 amide bonds. The van der Waals surface area contributed by atoms with E-state index in [9.17, 15) is 9.59 Å². The van der Waals surface area contributed by atoms with E-state index in [4.69, 9.17) is 10.5 Å². The van der Waals surface area contributed by atoms with Crippen LogP contribution in [-0.2, 0) is 9.53 Å². The van der Waals surface area contributed by atoms with Crippen LogP contribution in [0.25, 0.3) is 0 Å². The zero-order valence-electron chi connectivity index (χ0n) is 11.4. The fraction of sp³-hybridized carbons (Fsp3) is 0.833. The van der Waals surface area contributed by atoms with Crippen molar-refractivity contribution in [2.45, 2.75) is 32.3 Å². The molecule has 3 N–H and O–H groups in total. The summed E-state index contributed by atoms with van der Waals surface area (Å²) in [4.78, 5) is 24.7. The predicted molar refractivity (Wildman–Crippen MR) is 68.0 cm³/mol. The first-order valence-electron chi connectivity index (χ1n) is 6.24. The molecule has 0 bridgehead atoms. The number of carbonyl (C=O) groups is 2. The Bertz CT molecular complexity index is 318. The second-order valence-corrected chi connectivity index (χ2v) is 5.22. The highest BCUT2D eigenvalue weighted by Crippen LogP contribution is 2.20. The minimum absolute atomic E-state index is 0.00576. The molecule has 18 heavy (non-hydrogen) atoms. The molecule has 1 aliphatic heterocycles. The van der Waals surface area contributed by atoms with Gasteiger partial charge in [-0.05, 0) is 32.6 Å². The van der Waals surface area contributed by atoms with Crippen LogP contribution >= 0.6 is 0 Å². The highest BCUT2D eigenvalue weighted by molar-refractivity contribution is 5.84. The van der Waals surface area contributed by atoms with Crippen molar-refractivity contribution >= 4 is 11.9 Å². The largest absolute Gasteiger partial charge is 0.369 e. The van der Waals surface area contributed by atoms with E-state index >= 15 is 0 Å². The number of nitrogens with zero attached hydrogens (tertiary/aromatic N) is 1. The lowest BCUT2D eigenvalue weighted by Gasteiger charge is -2.37. The molecule has 1 fully saturated rings. The molecule has 1 rings (SSSR count). The second kappa shape index (κ2) is 6.04. The Kier molecular flexibility index (Phi) is 4.95. The minimum Gasteiger partial charge on any atom is -0.369 e. The number of rotatable bonds is 4. The van der Waals surface area contributed by atoms with Crippen molar-refractivity contribution in [3.05, 3.63) is 0 Å². The maximum atomic E-state index is 12.2. The molecule has 1 unspecified atom stereocenters. The maximum Gasteiger partial charge on any atom is 0.312 e. The maximum absolute atomic E-state index is 12.2. The van der Waals surface area contributed by atoms with E-state index in [1.807, 2.05) is 0 Å². The van der Waals surface area contributed by atoms with Crippen molar-refractivity contribution in [2.24, 2.45) is 11.7 Å². The number of amides is 3. The third kappa shape index (κ3) is 3.87. The number of hydrogen-bond donors (Lipinski definition) is 2. The van der Waals surface area contributed by atoms with Crippen molar-refractivity contribution in [1.29, 1.82) is 0 Å². The van der Waals surface area contributed by atoms with Gasteiger partial charge in [0, 0.05) is 26.7 Å². The molecule has 0 saturated carbocycles. The van der Waals surface area contributed by atoms with Crippen molar-refractivity contribution < 1.29 is 14.3 Å². The summed E-state index contributed by atoms with van der Waals surface area (Å²) in [7, 11) is 1.54. The highest BCUT2D eigenvalue weighted by Gasteiger charge is 2.34. The molecular formula is C12H23N3O3. The van der Waals surface area contributed by atoms with Gasteiger partial charge in [0.2, 0.25) is 0 Å². The number of primary amides is 1. The molecule has 0 aromatic carbocycles. The number of methoxy groups -OCH3 is 1. The molecule has 0 radical (unpaired) electrons. The summed E-state index contributed by atoms with van der Waals surface area (Å²) in [5, 5.41) is 2.60. The van der Waals surface area contributed by atoms with Gasteiger partial charge in [-0.2, -0.15) is 0 Å². The van der Waals surface area contributed by atoms with E-state index in [1.165, 1.54) is 7.11 Å². The first-order chi connectivity index (χ1) is 8.36. The number of piperidine rings is 1. The second-order valence-electron chi connectivity index (χ2n) is 5.22. The number of likely N-dealkylation sites (tertiary alicyclic amines) is 1. The lowest BCUT2D eigenvalue weighted by atomic mass is 9.96. The Morgan fingerprint density at radius 3 is 2.72 bits per heavy atom.